The molecule has 0 aliphatic heterocycles. The van der Waals surface area contributed by atoms with E-state index < -0.39 is 0 Å². The van der Waals surface area contributed by atoms with E-state index in [1.807, 2.05) is 0 Å². The van der Waals surface area contributed by atoms with Crippen molar-refractivity contribution in [3.8, 4) is 12.1 Å². The van der Waals surface area contributed by atoms with Crippen molar-refractivity contribution in [3.05, 3.63) is 0 Å². The molecule has 0 heterocycles. The zero-order valence-electron chi connectivity index (χ0n) is 2.15. The van der Waals surface area contributed by atoms with Gasteiger partial charge in [0.2, 0.25) is 0 Å². The molecule has 0 aliphatic rings. The minimum atomic E-state index is 0.585. The van der Waals surface area contributed by atoms with Crippen molar-refractivity contribution in [1.29, 1.82) is 0 Å². The molecule has 22 valence electrons. The molecule has 0 saturated heterocycles. The van der Waals surface area contributed by atoms with E-state index in [2.05, 4.69) is 14.6 Å². The summed E-state index contributed by atoms with van der Waals surface area (Å²) in [5.74, 6) is 0. The first-order valence-corrected chi connectivity index (χ1v) is 3.64. The minimum absolute atomic E-state index is 0.585. The summed E-state index contributed by atoms with van der Waals surface area (Å²) < 4.78 is 0. The summed E-state index contributed by atoms with van der Waals surface area (Å²) in [5, 5.41) is 0. The van der Waals surface area contributed by atoms with Gasteiger partial charge in [0, 0.05) is 0 Å². The fraction of sp³-hybridized carbons (Fsp3) is 0. The Morgan fingerprint density at radius 2 is 2.25 bits per heavy atom. The Hall–Kier alpha value is 0.420. The monoisotopic (exact) mass is 90.0 g/mol. The van der Waals surface area contributed by atoms with Crippen molar-refractivity contribution in [2.24, 2.45) is 0 Å². The van der Waals surface area contributed by atoms with Crippen LogP contribution in [0.3, 0.4) is 0 Å². The van der Waals surface area contributed by atoms with Crippen LogP contribution >= 0.6 is 17.2 Å². The van der Waals surface area contributed by atoms with Crippen LogP contribution in [0.15, 0.2) is 0 Å². The molecule has 0 fully saturated rings. The lowest BCUT2D eigenvalue weighted by Crippen LogP contribution is -1.04. The lowest BCUT2D eigenvalue weighted by Gasteiger charge is -1.54. The van der Waals surface area contributed by atoms with E-state index in [9.17, 15) is 0 Å². The first kappa shape index (κ1) is 4.42. The standard InChI is InChI=1S/C2H4P2/c1-2-4-3/h1,4H,3H2. The second-order valence-corrected chi connectivity index (χ2v) is 1.73. The van der Waals surface area contributed by atoms with E-state index in [1.165, 1.54) is 0 Å². The van der Waals surface area contributed by atoms with Gasteiger partial charge in [-0.15, -0.1) is 15.4 Å². The van der Waals surface area contributed by atoms with Gasteiger partial charge in [-0.25, -0.2) is 0 Å². The Bertz CT molecular complexity index is 33.8. The maximum absolute atomic E-state index is 4.77. The van der Waals surface area contributed by atoms with Gasteiger partial charge >= 0.3 is 0 Å². The van der Waals surface area contributed by atoms with E-state index in [0.717, 1.165) is 0 Å². The van der Waals surface area contributed by atoms with Crippen LogP contribution in [-0.4, -0.2) is 0 Å². The molecule has 0 aromatic rings. The van der Waals surface area contributed by atoms with Crippen molar-refractivity contribution in [1.82, 2.24) is 0 Å². The fourth-order valence-corrected chi connectivity index (χ4v) is 0. The predicted octanol–water partition coefficient (Wildman–Crippen LogP) is 1.05. The highest BCUT2D eigenvalue weighted by molar-refractivity contribution is 8.05. The summed E-state index contributed by atoms with van der Waals surface area (Å²) in [6.07, 6.45) is 4.77. The quantitative estimate of drug-likeness (QED) is 0.308. The average Bonchev–Trinajstić information content (AvgIpc) is 1.37. The molecule has 2 atom stereocenters. The number of hydrogen-bond acceptors (Lipinski definition) is 0. The van der Waals surface area contributed by atoms with Gasteiger partial charge in [-0.2, -0.15) is 0 Å². The predicted molar refractivity (Wildman–Crippen MR) is 26.9 cm³/mol. The number of hydrogen-bond donors (Lipinski definition) is 0. The molecule has 0 saturated carbocycles. The van der Waals surface area contributed by atoms with E-state index in [0.29, 0.717) is 8.27 Å². The minimum Gasteiger partial charge on any atom is -0.115 e. The van der Waals surface area contributed by atoms with Crippen LogP contribution in [0.1, 0.15) is 0 Å². The van der Waals surface area contributed by atoms with E-state index >= 15 is 0 Å². The highest BCUT2D eigenvalue weighted by atomic mass is 32.0. The van der Waals surface area contributed by atoms with Crippen LogP contribution in [-0.2, 0) is 0 Å². The van der Waals surface area contributed by atoms with Crippen LogP contribution in [0.2, 0.25) is 0 Å². The second-order valence-electron chi connectivity index (χ2n) is 0.289. The first-order chi connectivity index (χ1) is 1.91. The molecular weight excluding hydrogens is 86.0 g/mol. The molecule has 0 N–H and O–H groups in total. The summed E-state index contributed by atoms with van der Waals surface area (Å²) in [5.41, 5.74) is 2.42. The molecule has 0 rings (SSSR count). The summed E-state index contributed by atoms with van der Waals surface area (Å²) in [4.78, 5) is 0. The molecule has 0 bridgehead atoms. The molecule has 0 aromatic carbocycles. The Morgan fingerprint density at radius 1 is 2.00 bits per heavy atom. The van der Waals surface area contributed by atoms with Crippen molar-refractivity contribution in [2.75, 3.05) is 0 Å². The Morgan fingerprint density at radius 3 is 2.25 bits per heavy atom. The van der Waals surface area contributed by atoms with Crippen LogP contribution in [0.4, 0.5) is 0 Å². The fourth-order valence-electron chi connectivity index (χ4n) is 0. The third kappa shape index (κ3) is 2.42. The summed E-state index contributed by atoms with van der Waals surface area (Å²) in [6, 6.07) is 0. The average molecular weight is 90.0 g/mol. The zero-order chi connectivity index (χ0) is 3.41. The lowest BCUT2D eigenvalue weighted by atomic mass is 11.4. The van der Waals surface area contributed by atoms with Crippen LogP contribution in [0.25, 0.3) is 0 Å². The van der Waals surface area contributed by atoms with E-state index in [-0.39, 0.29) is 0 Å². The van der Waals surface area contributed by atoms with Crippen molar-refractivity contribution in [3.63, 3.8) is 0 Å². The maximum Gasteiger partial charge on any atom is -0.0240 e. The first-order valence-electron chi connectivity index (χ1n) is 0.827. The van der Waals surface area contributed by atoms with Gasteiger partial charge in [-0.05, 0) is 8.27 Å². The number of rotatable bonds is 0. The molecule has 2 unspecified atom stereocenters. The third-order valence-corrected chi connectivity index (χ3v) is 0.750. The summed E-state index contributed by atoms with van der Waals surface area (Å²) in [6.45, 7) is 0. The molecule has 0 aromatic heterocycles. The smallest absolute Gasteiger partial charge is 0.0240 e. The van der Waals surface area contributed by atoms with Gasteiger partial charge in [0.25, 0.3) is 0 Å². The maximum atomic E-state index is 4.77. The Labute approximate surface area is 30.2 Å². The zero-order valence-corrected chi connectivity index (χ0v) is 4.31. The van der Waals surface area contributed by atoms with Gasteiger partial charge in [0.15, 0.2) is 0 Å². The molecule has 0 spiro atoms. The molecule has 0 radical (unpaired) electrons. The van der Waals surface area contributed by atoms with E-state index in [4.69, 9.17) is 6.42 Å². The van der Waals surface area contributed by atoms with Gasteiger partial charge in [-0.3, -0.25) is 0 Å². The molecule has 0 aliphatic carbocycles. The molecule has 2 heteroatoms. The van der Waals surface area contributed by atoms with Crippen LogP contribution < -0.4 is 0 Å². The van der Waals surface area contributed by atoms with E-state index in [1.54, 1.807) is 0 Å². The molecular formula is C2H4P2. The molecule has 4 heavy (non-hydrogen) atoms. The SMILES string of the molecule is C#CPP. The van der Waals surface area contributed by atoms with Gasteiger partial charge in [0.05, 0.1) is 0 Å². The molecule has 0 amide bonds. The van der Waals surface area contributed by atoms with Crippen molar-refractivity contribution < 1.29 is 0 Å². The highest BCUT2D eigenvalue weighted by Gasteiger charge is 1.42. The van der Waals surface area contributed by atoms with Gasteiger partial charge < -0.3 is 0 Å². The van der Waals surface area contributed by atoms with Crippen molar-refractivity contribution >= 4 is 17.2 Å². The normalized spacial score (nSPS) is 8.00. The molecule has 0 nitrogen and oxygen atoms in total. The van der Waals surface area contributed by atoms with Crippen molar-refractivity contribution in [2.45, 2.75) is 0 Å². The number of terminal acetylenes is 1. The Balaban J connectivity index is 2.43. The third-order valence-electron chi connectivity index (χ3n) is 0.0833. The largest absolute Gasteiger partial charge is 0.115 e. The van der Waals surface area contributed by atoms with Crippen LogP contribution in [0, 0.1) is 12.1 Å². The Kier molecular flexibility index (Phi) is 3.78. The lowest BCUT2D eigenvalue weighted by molar-refractivity contribution is 3.15. The second kappa shape index (κ2) is 3.42. The van der Waals surface area contributed by atoms with Crippen LogP contribution in [0.5, 0.6) is 0 Å². The van der Waals surface area contributed by atoms with Gasteiger partial charge in [-0.1, -0.05) is 5.66 Å². The van der Waals surface area contributed by atoms with Gasteiger partial charge in [0.1, 0.15) is 0 Å². The topological polar surface area (TPSA) is 0 Å². The highest BCUT2D eigenvalue weighted by Crippen LogP contribution is 2.14. The summed E-state index contributed by atoms with van der Waals surface area (Å²) >= 11 is 0. The summed E-state index contributed by atoms with van der Waals surface area (Å²) in [7, 11) is 3.03.